The van der Waals surface area contributed by atoms with Crippen molar-refractivity contribution < 1.29 is 94.6 Å². The molecule has 3 aromatic rings. The second-order valence-electron chi connectivity index (χ2n) is 14.0. The Morgan fingerprint density at radius 1 is 0.850 bits per heavy atom. The van der Waals surface area contributed by atoms with Crippen LogP contribution in [0.1, 0.15) is 48.2 Å². The number of amides is 1. The first-order chi connectivity index (χ1) is 27.3. The fourth-order valence-electron chi connectivity index (χ4n) is 6.95. The standard InChI is InChI=1S/C34H38N2O18S5.Ni/c1-33(20-56(43,44)45,26-8-5-7-24-25(26)18-23(58(49,50)51)19-29(24)59(52,53)54)13-4-3-9-30-34(2,21-57(46,47)48)27-11-10-22(32(39)35-14-12-31(37)38)17-28(27)36(30)15-6-16-55(40,41)42;/h3-5,7-11,17-19H,6,12,14-16,20-21H2,1-2H3,(H,35,39)(H,37,38)(H,40,41,42)(H,43,44,45)(H,46,47,48)(H,49,50,51)(H,52,53,54);/b4-3+,30-9+;. The molecule has 2 unspecified atom stereocenters. The Bertz CT molecular complexity index is 2910. The first kappa shape index (κ1) is 48.7. The number of fused-ring (bicyclic) bond motifs is 2. The van der Waals surface area contributed by atoms with E-state index in [0.29, 0.717) is 6.07 Å². The zero-order chi connectivity index (χ0) is 45.4. The molecule has 1 amide bonds. The van der Waals surface area contributed by atoms with E-state index in [2.05, 4.69) is 5.32 Å². The van der Waals surface area contributed by atoms with Crippen LogP contribution < -0.4 is 10.2 Å². The Balaban J connectivity index is 1.95. The zero-order valence-corrected chi connectivity index (χ0v) is 36.3. The van der Waals surface area contributed by atoms with E-state index >= 15 is 0 Å². The first-order valence-corrected chi connectivity index (χ1v) is 25.2. The molecule has 0 aliphatic carbocycles. The molecule has 2 atom stereocenters. The van der Waals surface area contributed by atoms with Crippen molar-refractivity contribution in [3.05, 3.63) is 89.1 Å². The summed E-state index contributed by atoms with van der Waals surface area (Å²) in [5.41, 5.74) is -3.56. The third-order valence-corrected chi connectivity index (χ3v) is 14.6. The average Bonchev–Trinajstić information content (AvgIpc) is 3.29. The Kier molecular flexibility index (Phi) is 14.2. The second kappa shape index (κ2) is 17.4. The molecule has 1 aliphatic heterocycles. The maximum absolute atomic E-state index is 13.0. The van der Waals surface area contributed by atoms with Gasteiger partial charge < -0.3 is 5.11 Å². The summed E-state index contributed by atoms with van der Waals surface area (Å²) in [5.74, 6) is -4.86. The molecule has 3 aromatic carbocycles. The number of benzene rings is 3. The second-order valence-corrected chi connectivity index (χ2v) is 21.9. The molecule has 4 rings (SSSR count). The van der Waals surface area contributed by atoms with E-state index in [1.165, 1.54) is 61.2 Å². The Morgan fingerprint density at radius 3 is 2.05 bits per heavy atom. The van der Waals surface area contributed by atoms with Gasteiger partial charge in [-0.25, -0.2) is 0 Å². The number of carbonyl (C=O) groups excluding carboxylic acids is 1. The average molecular weight is 982 g/mol. The molecular formula is C34H38N2NiO18S5. The van der Waals surface area contributed by atoms with E-state index in [9.17, 15) is 74.4 Å². The monoisotopic (exact) mass is 980 g/mol. The van der Waals surface area contributed by atoms with E-state index in [1.54, 1.807) is 0 Å². The number of rotatable bonds is 18. The van der Waals surface area contributed by atoms with Crippen LogP contribution in [0, 0.1) is 0 Å². The number of allylic oxidation sites excluding steroid dienone is 4. The number of anilines is 1. The summed E-state index contributed by atoms with van der Waals surface area (Å²) in [5, 5.41) is 10.7. The van der Waals surface area contributed by atoms with Gasteiger partial charge in [0, 0.05) is 0 Å². The van der Waals surface area contributed by atoms with Crippen LogP contribution in [0.25, 0.3) is 10.8 Å². The summed E-state index contributed by atoms with van der Waals surface area (Å²) in [4.78, 5) is 23.3. The number of nitrogens with one attached hydrogen (secondary N) is 1. The molecule has 332 valence electrons. The third-order valence-electron chi connectivity index (χ3n) is 9.43. The van der Waals surface area contributed by atoms with Gasteiger partial charge in [0.2, 0.25) is 0 Å². The van der Waals surface area contributed by atoms with Crippen molar-refractivity contribution in [1.29, 1.82) is 0 Å². The topological polar surface area (TPSA) is 341 Å². The quantitative estimate of drug-likeness (QED) is 0.0705. The van der Waals surface area contributed by atoms with Crippen LogP contribution in [-0.4, -0.2) is 117 Å². The van der Waals surface area contributed by atoms with Gasteiger partial charge in [-0.3, -0.25) is 4.79 Å². The minimum atomic E-state index is -5.19. The first-order valence-electron chi connectivity index (χ1n) is 17.0. The molecule has 0 radical (unpaired) electrons. The van der Waals surface area contributed by atoms with E-state index in [-0.39, 0.29) is 62.8 Å². The summed E-state index contributed by atoms with van der Waals surface area (Å²) >= 11 is 5.23. The molecule has 0 aromatic heterocycles. The summed E-state index contributed by atoms with van der Waals surface area (Å²) in [7, 11) is -24.7. The molecule has 0 saturated heterocycles. The minimum absolute atomic E-state index is 0.0294. The molecule has 0 fully saturated rings. The predicted octanol–water partition coefficient (Wildman–Crippen LogP) is 1.79. The van der Waals surface area contributed by atoms with Crippen LogP contribution in [0.3, 0.4) is 0 Å². The number of carboxylic acids is 1. The summed E-state index contributed by atoms with van der Waals surface area (Å²) < 4.78 is 172. The Labute approximate surface area is 353 Å². The Hall–Kier alpha value is -3.95. The van der Waals surface area contributed by atoms with Crippen LogP contribution >= 0.6 is 0 Å². The van der Waals surface area contributed by atoms with Crippen molar-refractivity contribution in [1.82, 2.24) is 5.32 Å². The predicted molar refractivity (Wildman–Crippen MR) is 213 cm³/mol. The molecule has 60 heavy (non-hydrogen) atoms. The van der Waals surface area contributed by atoms with E-state index < -0.39 is 107 Å². The zero-order valence-electron chi connectivity index (χ0n) is 31.2. The molecular weight excluding hydrogens is 943 g/mol. The van der Waals surface area contributed by atoms with Gasteiger partial charge in [-0.1, -0.05) is 0 Å². The molecule has 20 nitrogen and oxygen atoms in total. The fourth-order valence-corrected chi connectivity index (χ4v) is 11.3. The van der Waals surface area contributed by atoms with Crippen LogP contribution in [-0.2, 0) is 81.2 Å². The molecule has 1 aliphatic rings. The molecule has 0 saturated carbocycles. The fraction of sp³-hybridized carbons (Fsp3) is 0.324. The summed E-state index contributed by atoms with van der Waals surface area (Å²) in [6, 6.07) is 8.85. The van der Waals surface area contributed by atoms with Gasteiger partial charge in [0.1, 0.15) is 0 Å². The number of aliphatic carboxylic acids is 1. The van der Waals surface area contributed by atoms with Crippen molar-refractivity contribution in [3.63, 3.8) is 0 Å². The molecule has 0 bridgehead atoms. The summed E-state index contributed by atoms with van der Waals surface area (Å²) in [6.45, 7) is 2.10. The normalized spacial score (nSPS) is 18.1. The maximum atomic E-state index is 13.0. The van der Waals surface area contributed by atoms with Crippen LogP contribution in [0.15, 0.2) is 82.2 Å². The molecule has 7 N–H and O–H groups in total. The van der Waals surface area contributed by atoms with Gasteiger partial charge in [0.05, 0.1) is 6.42 Å². The van der Waals surface area contributed by atoms with Crippen LogP contribution in [0.5, 0.6) is 0 Å². The number of carbonyl (C=O) groups is 2. The SMILES string of the molecule is CC(CS(=O)(=O)O)([C](=[Ni])/C=C/C=C1/N(CCCS(=O)(=O)O)c2cc(C(=O)NCCC(=O)O)ccc2C1(C)CS(=O)(=O)O)c1cccc2c(S(=O)(=O)O)cc(S(=O)(=O)O)cc12. The van der Waals surface area contributed by atoms with Gasteiger partial charge >= 0.3 is 339 Å². The van der Waals surface area contributed by atoms with Gasteiger partial charge in [0.25, 0.3) is 0 Å². The van der Waals surface area contributed by atoms with Crippen molar-refractivity contribution in [2.45, 2.75) is 47.3 Å². The van der Waals surface area contributed by atoms with Crippen molar-refractivity contribution in [2.75, 3.05) is 35.2 Å². The van der Waals surface area contributed by atoms with Crippen LogP contribution in [0.2, 0.25) is 0 Å². The van der Waals surface area contributed by atoms with Gasteiger partial charge in [0.15, 0.2) is 0 Å². The molecule has 0 spiro atoms. The van der Waals surface area contributed by atoms with E-state index in [0.717, 1.165) is 18.2 Å². The van der Waals surface area contributed by atoms with Gasteiger partial charge in [-0.15, -0.1) is 0 Å². The summed E-state index contributed by atoms with van der Waals surface area (Å²) in [6.07, 6.45) is 2.93. The van der Waals surface area contributed by atoms with Crippen molar-refractivity contribution >= 4 is 83.4 Å². The molecule has 1 heterocycles. The van der Waals surface area contributed by atoms with Crippen LogP contribution in [0.4, 0.5) is 5.69 Å². The third kappa shape index (κ3) is 11.7. The van der Waals surface area contributed by atoms with Crippen molar-refractivity contribution in [2.24, 2.45) is 0 Å². The molecule has 26 heteroatoms. The Morgan fingerprint density at radius 2 is 1.50 bits per heavy atom. The van der Waals surface area contributed by atoms with E-state index in [1.807, 2.05) is 0 Å². The number of nitrogens with zero attached hydrogens (tertiary/aromatic N) is 1. The van der Waals surface area contributed by atoms with Crippen molar-refractivity contribution in [3.8, 4) is 0 Å². The van der Waals surface area contributed by atoms with E-state index in [4.69, 9.17) is 20.1 Å². The van der Waals surface area contributed by atoms with Gasteiger partial charge in [-0.05, 0) is 0 Å². The van der Waals surface area contributed by atoms with Gasteiger partial charge in [-0.2, -0.15) is 0 Å². The number of hydrogen-bond donors (Lipinski definition) is 7. The number of hydrogen-bond acceptors (Lipinski definition) is 13. The number of carboxylic acid groups (broad SMARTS) is 1.